The molecule has 0 amide bonds. The molecule has 0 aliphatic rings. The molecule has 0 bridgehead atoms. The van der Waals surface area contributed by atoms with E-state index in [4.69, 9.17) is 4.74 Å². The maximum atomic E-state index is 15.3. The van der Waals surface area contributed by atoms with E-state index in [1.807, 2.05) is 24.3 Å². The van der Waals surface area contributed by atoms with Crippen molar-refractivity contribution in [3.05, 3.63) is 112 Å². The molecule has 5 heteroatoms. The highest BCUT2D eigenvalue weighted by Gasteiger charge is 2.28. The van der Waals surface area contributed by atoms with Crippen molar-refractivity contribution in [2.24, 2.45) is 0 Å². The summed E-state index contributed by atoms with van der Waals surface area (Å²) in [6, 6.07) is 25.2. The zero-order chi connectivity index (χ0) is 27.7. The summed E-state index contributed by atoms with van der Waals surface area (Å²) in [7, 11) is 0. The SMILES string of the molecule is CCCCCCc1ccc(CCc2ccc3c(F)c(CCc4ccc(OCC(F)(F)F)cc4)ccc3c2)cc1. The molecule has 0 spiro atoms. The van der Waals surface area contributed by atoms with Gasteiger partial charge in [0.25, 0.3) is 0 Å². The number of ether oxygens (including phenoxy) is 1. The van der Waals surface area contributed by atoms with Crippen LogP contribution in [0.3, 0.4) is 0 Å². The predicted octanol–water partition coefficient (Wildman–Crippen LogP) is 9.61. The molecule has 0 aliphatic carbocycles. The number of benzene rings is 4. The summed E-state index contributed by atoms with van der Waals surface area (Å²) in [6.07, 6.45) is 4.81. The van der Waals surface area contributed by atoms with E-state index < -0.39 is 12.8 Å². The third-order valence-corrected chi connectivity index (χ3v) is 7.15. The summed E-state index contributed by atoms with van der Waals surface area (Å²) in [6.45, 7) is 0.915. The van der Waals surface area contributed by atoms with Gasteiger partial charge in [-0.15, -0.1) is 0 Å². The van der Waals surface area contributed by atoms with Crippen LogP contribution in [0.5, 0.6) is 5.75 Å². The van der Waals surface area contributed by atoms with Crippen molar-refractivity contribution in [1.29, 1.82) is 0 Å². The van der Waals surface area contributed by atoms with Crippen LogP contribution in [0.15, 0.2) is 78.9 Å². The molecule has 39 heavy (non-hydrogen) atoms. The molecule has 0 atom stereocenters. The molecule has 4 rings (SSSR count). The van der Waals surface area contributed by atoms with Crippen LogP contribution in [0.25, 0.3) is 10.8 Å². The van der Waals surface area contributed by atoms with E-state index in [0.717, 1.165) is 30.2 Å². The molecule has 1 nitrogen and oxygen atoms in total. The minimum absolute atomic E-state index is 0.165. The predicted molar refractivity (Wildman–Crippen MR) is 151 cm³/mol. The van der Waals surface area contributed by atoms with Gasteiger partial charge in [0.1, 0.15) is 11.6 Å². The number of rotatable bonds is 13. The zero-order valence-corrected chi connectivity index (χ0v) is 22.5. The topological polar surface area (TPSA) is 9.23 Å². The molecule has 0 aromatic heterocycles. The van der Waals surface area contributed by atoms with E-state index in [1.165, 1.54) is 54.5 Å². The first-order chi connectivity index (χ1) is 18.8. The lowest BCUT2D eigenvalue weighted by molar-refractivity contribution is -0.153. The lowest BCUT2D eigenvalue weighted by Gasteiger charge is -2.11. The van der Waals surface area contributed by atoms with Crippen molar-refractivity contribution in [2.45, 2.75) is 70.9 Å². The first-order valence-corrected chi connectivity index (χ1v) is 13.9. The lowest BCUT2D eigenvalue weighted by atomic mass is 9.97. The molecule has 0 saturated carbocycles. The van der Waals surface area contributed by atoms with Gasteiger partial charge >= 0.3 is 6.18 Å². The molecule has 0 unspecified atom stereocenters. The highest BCUT2D eigenvalue weighted by Crippen LogP contribution is 2.25. The number of alkyl halides is 3. The van der Waals surface area contributed by atoms with Crippen molar-refractivity contribution < 1.29 is 22.3 Å². The van der Waals surface area contributed by atoms with Crippen LogP contribution >= 0.6 is 0 Å². The highest BCUT2D eigenvalue weighted by molar-refractivity contribution is 5.84. The fourth-order valence-corrected chi connectivity index (χ4v) is 4.85. The van der Waals surface area contributed by atoms with Gasteiger partial charge in [0.15, 0.2) is 6.61 Å². The lowest BCUT2D eigenvalue weighted by Crippen LogP contribution is -2.19. The van der Waals surface area contributed by atoms with Crippen LogP contribution in [0, 0.1) is 5.82 Å². The minimum atomic E-state index is -4.37. The van der Waals surface area contributed by atoms with Gasteiger partial charge < -0.3 is 4.74 Å². The van der Waals surface area contributed by atoms with Gasteiger partial charge in [0.05, 0.1) is 0 Å². The first kappa shape index (κ1) is 28.7. The summed E-state index contributed by atoms with van der Waals surface area (Å²) < 4.78 is 56.9. The Morgan fingerprint density at radius 2 is 1.21 bits per heavy atom. The standard InChI is InChI=1S/C34H36F4O/c1-2-3-4-5-6-25-7-9-26(10-8-25)11-12-28-16-22-32-30(23-28)19-18-29(33(32)35)17-13-27-14-20-31(21-15-27)39-24-34(36,37)38/h7-10,14-16,18-23H,2-6,11-13,17,24H2,1H3. The Balaban J connectivity index is 1.31. The van der Waals surface area contributed by atoms with Crippen molar-refractivity contribution in [1.82, 2.24) is 0 Å². The normalized spacial score (nSPS) is 11.7. The number of unbranched alkanes of at least 4 members (excludes halogenated alkanes) is 3. The summed E-state index contributed by atoms with van der Waals surface area (Å²) in [5, 5.41) is 1.50. The van der Waals surface area contributed by atoms with E-state index in [0.29, 0.717) is 23.8 Å². The quantitative estimate of drug-likeness (QED) is 0.122. The van der Waals surface area contributed by atoms with E-state index in [-0.39, 0.29) is 11.6 Å². The van der Waals surface area contributed by atoms with Gasteiger partial charge in [-0.2, -0.15) is 13.2 Å². The second kappa shape index (κ2) is 13.6. The van der Waals surface area contributed by atoms with Gasteiger partial charge in [-0.25, -0.2) is 4.39 Å². The average Bonchev–Trinajstić information content (AvgIpc) is 2.93. The van der Waals surface area contributed by atoms with Crippen LogP contribution in [0.1, 0.15) is 60.4 Å². The molecule has 0 saturated heterocycles. The van der Waals surface area contributed by atoms with Gasteiger partial charge in [0.2, 0.25) is 0 Å². The average molecular weight is 537 g/mol. The van der Waals surface area contributed by atoms with E-state index in [2.05, 4.69) is 37.3 Å². The largest absolute Gasteiger partial charge is 0.484 e. The molecule has 0 N–H and O–H groups in total. The summed E-state index contributed by atoms with van der Waals surface area (Å²) in [5.41, 5.74) is 5.44. The number of aryl methyl sites for hydroxylation is 5. The number of halogens is 4. The Hall–Kier alpha value is -3.34. The molecule has 4 aromatic rings. The number of hydrogen-bond acceptors (Lipinski definition) is 1. The monoisotopic (exact) mass is 536 g/mol. The molecule has 206 valence electrons. The summed E-state index contributed by atoms with van der Waals surface area (Å²) >= 11 is 0. The molecular weight excluding hydrogens is 500 g/mol. The van der Waals surface area contributed by atoms with Crippen molar-refractivity contribution in [2.75, 3.05) is 6.61 Å². The molecule has 4 aromatic carbocycles. The first-order valence-electron chi connectivity index (χ1n) is 13.9. The minimum Gasteiger partial charge on any atom is -0.484 e. The Kier molecular flexibility index (Phi) is 10.0. The molecule has 0 heterocycles. The Morgan fingerprint density at radius 3 is 1.87 bits per heavy atom. The van der Waals surface area contributed by atoms with Gasteiger partial charge in [-0.1, -0.05) is 92.9 Å². The number of fused-ring (bicyclic) bond motifs is 1. The summed E-state index contributed by atoms with van der Waals surface area (Å²) in [5.74, 6) is -0.0442. The van der Waals surface area contributed by atoms with Crippen LogP contribution in [0.4, 0.5) is 17.6 Å². The van der Waals surface area contributed by atoms with Crippen molar-refractivity contribution >= 4 is 10.8 Å². The zero-order valence-electron chi connectivity index (χ0n) is 22.5. The molecule has 0 radical (unpaired) electrons. The number of hydrogen-bond donors (Lipinski definition) is 0. The second-order valence-electron chi connectivity index (χ2n) is 10.3. The van der Waals surface area contributed by atoms with Crippen LogP contribution in [-0.4, -0.2) is 12.8 Å². The Bertz CT molecular complexity index is 1320. The van der Waals surface area contributed by atoms with Crippen LogP contribution in [0.2, 0.25) is 0 Å². The maximum Gasteiger partial charge on any atom is 0.422 e. The van der Waals surface area contributed by atoms with E-state index >= 15 is 4.39 Å². The smallest absolute Gasteiger partial charge is 0.422 e. The van der Waals surface area contributed by atoms with Crippen LogP contribution in [-0.2, 0) is 32.1 Å². The maximum absolute atomic E-state index is 15.3. The van der Waals surface area contributed by atoms with E-state index in [9.17, 15) is 13.2 Å². The molecule has 0 fully saturated rings. The van der Waals surface area contributed by atoms with Gasteiger partial charge in [-0.3, -0.25) is 0 Å². The Labute approximate surface area is 228 Å². The fourth-order valence-electron chi connectivity index (χ4n) is 4.85. The van der Waals surface area contributed by atoms with E-state index in [1.54, 1.807) is 12.1 Å². The fraction of sp³-hybridized carbons (Fsp3) is 0.353. The van der Waals surface area contributed by atoms with Crippen molar-refractivity contribution in [3.8, 4) is 5.75 Å². The molecular formula is C34H36F4O. The molecule has 0 aliphatic heterocycles. The van der Waals surface area contributed by atoms with Gasteiger partial charge in [0, 0.05) is 5.39 Å². The third kappa shape index (κ3) is 8.84. The van der Waals surface area contributed by atoms with Crippen molar-refractivity contribution in [3.63, 3.8) is 0 Å². The van der Waals surface area contributed by atoms with Gasteiger partial charge in [-0.05, 0) is 83.9 Å². The third-order valence-electron chi connectivity index (χ3n) is 7.15. The second-order valence-corrected chi connectivity index (χ2v) is 10.3. The van der Waals surface area contributed by atoms with Crippen LogP contribution < -0.4 is 4.74 Å². The summed E-state index contributed by atoms with van der Waals surface area (Å²) in [4.78, 5) is 0. The highest BCUT2D eigenvalue weighted by atomic mass is 19.4. The Morgan fingerprint density at radius 1 is 0.615 bits per heavy atom.